The van der Waals surface area contributed by atoms with E-state index < -0.39 is 5.97 Å². The number of hydrogen-bond donors (Lipinski definition) is 1. The molecule has 1 N–H and O–H groups in total. The first-order valence-corrected chi connectivity index (χ1v) is 7.29. The Bertz CT molecular complexity index is 750. The zero-order valence-electron chi connectivity index (χ0n) is 11.5. The number of carbonyl (C=O) groups is 1. The van der Waals surface area contributed by atoms with Gasteiger partial charge < -0.3 is 9.84 Å². The van der Waals surface area contributed by atoms with Crippen molar-refractivity contribution in [2.45, 2.75) is 25.7 Å². The van der Waals surface area contributed by atoms with Gasteiger partial charge in [-0.1, -0.05) is 18.2 Å². The van der Waals surface area contributed by atoms with Gasteiger partial charge in [-0.2, -0.15) is 0 Å². The van der Waals surface area contributed by atoms with Gasteiger partial charge in [0.1, 0.15) is 11.5 Å². The molecule has 0 spiro atoms. The van der Waals surface area contributed by atoms with E-state index in [-0.39, 0.29) is 5.75 Å². The fourth-order valence-electron chi connectivity index (χ4n) is 2.91. The first kappa shape index (κ1) is 14.0. The average Bonchev–Trinajstić information content (AvgIpc) is 2.51. The Hall–Kier alpha value is -2.00. The Kier molecular flexibility index (Phi) is 3.60. The van der Waals surface area contributed by atoms with Crippen LogP contribution in [0.25, 0.3) is 10.8 Å². The molecule has 2 aromatic carbocycles. The van der Waals surface area contributed by atoms with E-state index in [1.165, 1.54) is 0 Å². The van der Waals surface area contributed by atoms with Gasteiger partial charge in [0, 0.05) is 33.0 Å². The summed E-state index contributed by atoms with van der Waals surface area (Å²) in [6.45, 7) is 3.44. The molecule has 1 aliphatic rings. The van der Waals surface area contributed by atoms with Crippen LogP contribution in [0, 0.1) is 0 Å². The van der Waals surface area contributed by atoms with Crippen molar-refractivity contribution >= 4 is 28.3 Å². The third-order valence-electron chi connectivity index (χ3n) is 3.88. The van der Waals surface area contributed by atoms with Gasteiger partial charge in [-0.15, -0.1) is 0 Å². The maximum Gasteiger partial charge on any atom is 0.335 e. The standard InChI is InChI=1S/C17H15ClO3/c1-2-15(19)21-17-12-6-4-3-5-11(12)16(20)14-9-10(18)7-8-13(14)17/h2,7-9,20H,1,3-6H2. The van der Waals surface area contributed by atoms with Crippen LogP contribution < -0.4 is 4.74 Å². The molecule has 21 heavy (non-hydrogen) atoms. The Balaban J connectivity index is 2.33. The van der Waals surface area contributed by atoms with Crippen LogP contribution in [0.4, 0.5) is 0 Å². The molecule has 3 nitrogen and oxygen atoms in total. The lowest BCUT2D eigenvalue weighted by atomic mass is 9.87. The Morgan fingerprint density at radius 1 is 1.24 bits per heavy atom. The summed E-state index contributed by atoms with van der Waals surface area (Å²) in [6, 6.07) is 5.20. The number of fused-ring (bicyclic) bond motifs is 2. The summed E-state index contributed by atoms with van der Waals surface area (Å²) in [5.41, 5.74) is 1.78. The van der Waals surface area contributed by atoms with Crippen molar-refractivity contribution in [3.05, 3.63) is 47.0 Å². The summed E-state index contributed by atoms with van der Waals surface area (Å²) in [5.74, 6) is 0.282. The quantitative estimate of drug-likeness (QED) is 0.514. The SMILES string of the molecule is C=CC(=O)Oc1c2c(c(O)c3cc(Cl)ccc13)CCCC2. The second kappa shape index (κ2) is 5.41. The fraction of sp³-hybridized carbons (Fsp3) is 0.235. The van der Waals surface area contributed by atoms with Crippen LogP contribution in [0.15, 0.2) is 30.9 Å². The van der Waals surface area contributed by atoms with Crippen LogP contribution in [0.3, 0.4) is 0 Å². The van der Waals surface area contributed by atoms with Crippen LogP contribution in [0.2, 0.25) is 5.02 Å². The summed E-state index contributed by atoms with van der Waals surface area (Å²) in [6.07, 6.45) is 4.75. The Morgan fingerprint density at radius 2 is 1.95 bits per heavy atom. The van der Waals surface area contributed by atoms with E-state index in [0.29, 0.717) is 21.5 Å². The van der Waals surface area contributed by atoms with Crippen molar-refractivity contribution < 1.29 is 14.6 Å². The number of hydrogen-bond acceptors (Lipinski definition) is 3. The minimum atomic E-state index is -0.496. The van der Waals surface area contributed by atoms with E-state index in [1.807, 2.05) is 0 Å². The lowest BCUT2D eigenvalue weighted by Crippen LogP contribution is -2.11. The highest BCUT2D eigenvalue weighted by Gasteiger charge is 2.23. The number of esters is 1. The van der Waals surface area contributed by atoms with Crippen molar-refractivity contribution in [1.82, 2.24) is 0 Å². The predicted octanol–water partition coefficient (Wildman–Crippen LogP) is 4.17. The van der Waals surface area contributed by atoms with Crippen LogP contribution in [0.1, 0.15) is 24.0 Å². The van der Waals surface area contributed by atoms with Gasteiger partial charge in [0.15, 0.2) is 0 Å². The molecule has 0 radical (unpaired) electrons. The molecule has 108 valence electrons. The predicted molar refractivity (Wildman–Crippen MR) is 83.1 cm³/mol. The van der Waals surface area contributed by atoms with Crippen molar-refractivity contribution in [2.75, 3.05) is 0 Å². The lowest BCUT2D eigenvalue weighted by Gasteiger charge is -2.22. The van der Waals surface area contributed by atoms with Crippen molar-refractivity contribution in [3.63, 3.8) is 0 Å². The van der Waals surface area contributed by atoms with Crippen molar-refractivity contribution in [3.8, 4) is 11.5 Å². The highest BCUT2D eigenvalue weighted by atomic mass is 35.5. The molecular weight excluding hydrogens is 288 g/mol. The number of aromatic hydroxyl groups is 1. The van der Waals surface area contributed by atoms with Crippen LogP contribution in [-0.2, 0) is 17.6 Å². The van der Waals surface area contributed by atoms with Crippen molar-refractivity contribution in [1.29, 1.82) is 0 Å². The highest BCUT2D eigenvalue weighted by molar-refractivity contribution is 6.31. The molecule has 0 aromatic heterocycles. The highest BCUT2D eigenvalue weighted by Crippen LogP contribution is 2.44. The molecule has 0 fully saturated rings. The number of ether oxygens (including phenoxy) is 1. The lowest BCUT2D eigenvalue weighted by molar-refractivity contribution is -0.128. The number of phenols is 1. The Morgan fingerprint density at radius 3 is 2.67 bits per heavy atom. The second-order valence-corrected chi connectivity index (χ2v) is 5.59. The average molecular weight is 303 g/mol. The maximum absolute atomic E-state index is 11.6. The third-order valence-corrected chi connectivity index (χ3v) is 4.11. The first-order valence-electron chi connectivity index (χ1n) is 6.92. The molecular formula is C17H15ClO3. The van der Waals surface area contributed by atoms with Gasteiger partial charge in [-0.3, -0.25) is 0 Å². The molecule has 0 bridgehead atoms. The first-order chi connectivity index (χ1) is 10.1. The molecule has 0 aliphatic heterocycles. The van der Waals surface area contributed by atoms with Gasteiger partial charge in [-0.25, -0.2) is 4.79 Å². The van der Waals surface area contributed by atoms with E-state index in [2.05, 4.69) is 6.58 Å². The van der Waals surface area contributed by atoms with Crippen molar-refractivity contribution in [2.24, 2.45) is 0 Å². The van der Waals surface area contributed by atoms with Gasteiger partial charge in [0.05, 0.1) is 0 Å². The second-order valence-electron chi connectivity index (χ2n) is 5.16. The molecule has 0 saturated heterocycles. The van der Waals surface area contributed by atoms with E-state index in [0.717, 1.165) is 42.9 Å². The third kappa shape index (κ3) is 2.38. The van der Waals surface area contributed by atoms with E-state index in [4.69, 9.17) is 16.3 Å². The summed E-state index contributed by atoms with van der Waals surface area (Å²) < 4.78 is 5.46. The minimum Gasteiger partial charge on any atom is -0.507 e. The molecule has 1 aliphatic carbocycles. The number of carbonyl (C=O) groups excluding carboxylic acids is 1. The molecule has 0 saturated carbocycles. The molecule has 0 heterocycles. The summed E-state index contributed by atoms with van der Waals surface area (Å²) in [7, 11) is 0. The normalized spacial score (nSPS) is 13.8. The van der Waals surface area contributed by atoms with Gasteiger partial charge in [0.2, 0.25) is 0 Å². The van der Waals surface area contributed by atoms with Crippen LogP contribution in [-0.4, -0.2) is 11.1 Å². The van der Waals surface area contributed by atoms with Gasteiger partial charge in [0.25, 0.3) is 0 Å². The summed E-state index contributed by atoms with van der Waals surface area (Å²) >= 11 is 6.02. The van der Waals surface area contributed by atoms with E-state index in [9.17, 15) is 9.90 Å². The zero-order chi connectivity index (χ0) is 15.0. The maximum atomic E-state index is 11.6. The van der Waals surface area contributed by atoms with Gasteiger partial charge in [-0.05, 0) is 43.9 Å². The molecule has 0 unspecified atom stereocenters. The zero-order valence-corrected chi connectivity index (χ0v) is 12.2. The Labute approximate surface area is 127 Å². The molecule has 0 atom stereocenters. The molecule has 4 heteroatoms. The van der Waals surface area contributed by atoms with Crippen LogP contribution in [0.5, 0.6) is 11.5 Å². The monoisotopic (exact) mass is 302 g/mol. The number of halogens is 1. The fourth-order valence-corrected chi connectivity index (χ4v) is 3.08. The molecule has 3 rings (SSSR count). The summed E-state index contributed by atoms with van der Waals surface area (Å²) in [5, 5.41) is 12.4. The number of phenolic OH excluding ortho intramolecular Hbond substituents is 1. The largest absolute Gasteiger partial charge is 0.507 e. The topological polar surface area (TPSA) is 46.5 Å². The molecule has 2 aromatic rings. The number of rotatable bonds is 2. The van der Waals surface area contributed by atoms with Gasteiger partial charge >= 0.3 is 5.97 Å². The number of benzene rings is 2. The summed E-state index contributed by atoms with van der Waals surface area (Å²) in [4.78, 5) is 11.6. The smallest absolute Gasteiger partial charge is 0.335 e. The molecule has 0 amide bonds. The van der Waals surface area contributed by atoms with E-state index in [1.54, 1.807) is 18.2 Å². The minimum absolute atomic E-state index is 0.251. The van der Waals surface area contributed by atoms with E-state index >= 15 is 0 Å². The van der Waals surface area contributed by atoms with Crippen LogP contribution >= 0.6 is 11.6 Å².